The van der Waals surface area contributed by atoms with Crippen molar-refractivity contribution in [2.24, 2.45) is 0 Å². The van der Waals surface area contributed by atoms with Gasteiger partial charge in [0.25, 0.3) is 11.5 Å². The fourth-order valence-corrected chi connectivity index (χ4v) is 2.74. The molecule has 0 unspecified atom stereocenters. The Hall–Kier alpha value is -4.33. The van der Waals surface area contributed by atoms with Crippen LogP contribution >= 0.6 is 0 Å². The molecular formula is C22H15NO7. The van der Waals surface area contributed by atoms with Gasteiger partial charge in [0.15, 0.2) is 5.78 Å². The lowest BCUT2D eigenvalue weighted by Gasteiger charge is -2.04. The van der Waals surface area contributed by atoms with Crippen LogP contribution < -0.4 is 0 Å². The van der Waals surface area contributed by atoms with Crippen molar-refractivity contribution in [2.75, 3.05) is 7.11 Å². The number of rotatable bonds is 7. The molecule has 0 bridgehead atoms. The zero-order valence-corrected chi connectivity index (χ0v) is 15.7. The number of nitrogens with zero attached hydrogens (tertiary/aromatic N) is 1. The standard InChI is InChI=1S/C22H15NO7/c1-29-22(26)21(25)17(20(24)14-7-3-2-4-8-14)13-15-11-12-19(30-15)16-9-5-6-10-18(16)23(27)28/h2-13H,1H3/b17-13-. The van der Waals surface area contributed by atoms with Gasteiger partial charge in [-0.1, -0.05) is 42.5 Å². The zero-order chi connectivity index (χ0) is 21.7. The van der Waals surface area contributed by atoms with Gasteiger partial charge in [0.2, 0.25) is 0 Å². The molecule has 3 aromatic rings. The summed E-state index contributed by atoms with van der Waals surface area (Å²) in [6.45, 7) is 0. The van der Waals surface area contributed by atoms with Crippen molar-refractivity contribution in [3.63, 3.8) is 0 Å². The maximum atomic E-state index is 12.8. The molecule has 0 aliphatic carbocycles. The predicted octanol–water partition coefficient (Wildman–Crippen LogP) is 3.86. The molecule has 8 heteroatoms. The third-order valence-corrected chi connectivity index (χ3v) is 4.18. The van der Waals surface area contributed by atoms with Crippen LogP contribution in [-0.2, 0) is 14.3 Å². The van der Waals surface area contributed by atoms with Crippen molar-refractivity contribution < 1.29 is 28.5 Å². The first-order valence-electron chi connectivity index (χ1n) is 8.70. The normalized spacial score (nSPS) is 11.0. The van der Waals surface area contributed by atoms with Crippen LogP contribution in [0.1, 0.15) is 16.1 Å². The average Bonchev–Trinajstić information content (AvgIpc) is 3.25. The van der Waals surface area contributed by atoms with Crippen LogP contribution in [0.4, 0.5) is 5.69 Å². The van der Waals surface area contributed by atoms with E-state index in [0.29, 0.717) is 0 Å². The Bertz CT molecular complexity index is 1160. The Kier molecular flexibility index (Phi) is 5.97. The smallest absolute Gasteiger partial charge is 0.379 e. The van der Waals surface area contributed by atoms with E-state index < -0.39 is 28.0 Å². The van der Waals surface area contributed by atoms with Gasteiger partial charge in [-0.2, -0.15) is 0 Å². The highest BCUT2D eigenvalue weighted by Gasteiger charge is 2.27. The van der Waals surface area contributed by atoms with Crippen molar-refractivity contribution in [1.82, 2.24) is 0 Å². The van der Waals surface area contributed by atoms with Crippen LogP contribution in [-0.4, -0.2) is 29.6 Å². The maximum Gasteiger partial charge on any atom is 0.379 e. The molecule has 0 radical (unpaired) electrons. The fourth-order valence-electron chi connectivity index (χ4n) is 2.74. The summed E-state index contributed by atoms with van der Waals surface area (Å²) in [6.07, 6.45) is 1.12. The highest BCUT2D eigenvalue weighted by Crippen LogP contribution is 2.31. The maximum absolute atomic E-state index is 12.8. The number of carbonyl (C=O) groups excluding carboxylic acids is 3. The van der Waals surface area contributed by atoms with E-state index in [0.717, 1.165) is 13.2 Å². The molecule has 30 heavy (non-hydrogen) atoms. The number of hydrogen-bond donors (Lipinski definition) is 0. The monoisotopic (exact) mass is 405 g/mol. The van der Waals surface area contributed by atoms with Gasteiger partial charge in [0, 0.05) is 11.6 Å². The molecule has 3 rings (SSSR count). The number of ketones is 2. The number of hydrogen-bond acceptors (Lipinski definition) is 7. The third kappa shape index (κ3) is 4.22. The number of ether oxygens (including phenoxy) is 1. The largest absolute Gasteiger partial charge is 0.463 e. The Morgan fingerprint density at radius 2 is 1.63 bits per heavy atom. The highest BCUT2D eigenvalue weighted by molar-refractivity contribution is 6.50. The molecular weight excluding hydrogens is 390 g/mol. The first kappa shape index (κ1) is 20.4. The summed E-state index contributed by atoms with van der Waals surface area (Å²) in [4.78, 5) is 47.7. The second-order valence-electron chi connectivity index (χ2n) is 6.05. The minimum atomic E-state index is -1.20. The Morgan fingerprint density at radius 1 is 0.967 bits per heavy atom. The minimum absolute atomic E-state index is 0.0692. The first-order valence-corrected chi connectivity index (χ1v) is 8.70. The van der Waals surface area contributed by atoms with Crippen molar-refractivity contribution in [3.05, 3.63) is 93.7 Å². The van der Waals surface area contributed by atoms with Gasteiger partial charge in [0.05, 0.1) is 23.2 Å². The van der Waals surface area contributed by atoms with Gasteiger partial charge >= 0.3 is 5.97 Å². The van der Waals surface area contributed by atoms with E-state index in [1.165, 1.54) is 42.5 Å². The topological polar surface area (TPSA) is 117 Å². The van der Waals surface area contributed by atoms with Crippen LogP contribution in [0.3, 0.4) is 0 Å². The van der Waals surface area contributed by atoms with E-state index in [9.17, 15) is 24.5 Å². The number of methoxy groups -OCH3 is 1. The van der Waals surface area contributed by atoms with Crippen LogP contribution in [0.5, 0.6) is 0 Å². The van der Waals surface area contributed by atoms with Crippen LogP contribution in [0.15, 0.2) is 76.7 Å². The Labute approximate surface area is 170 Å². The van der Waals surface area contributed by atoms with Crippen molar-refractivity contribution in [2.45, 2.75) is 0 Å². The van der Waals surface area contributed by atoms with Gasteiger partial charge in [-0.15, -0.1) is 0 Å². The second-order valence-corrected chi connectivity index (χ2v) is 6.05. The summed E-state index contributed by atoms with van der Waals surface area (Å²) in [5.74, 6) is -2.77. The van der Waals surface area contributed by atoms with Crippen LogP contribution in [0.25, 0.3) is 17.4 Å². The molecule has 1 aromatic heterocycles. The van der Waals surface area contributed by atoms with Gasteiger partial charge in [-0.3, -0.25) is 19.7 Å². The molecule has 0 spiro atoms. The highest BCUT2D eigenvalue weighted by atomic mass is 16.6. The van der Waals surface area contributed by atoms with Crippen LogP contribution in [0.2, 0.25) is 0 Å². The number of Topliss-reactive ketones (excluding diaryl/α,β-unsaturated/α-hetero) is 2. The second kappa shape index (κ2) is 8.78. The summed E-state index contributed by atoms with van der Waals surface area (Å²) < 4.78 is 10.0. The number of nitro benzene ring substituents is 1. The molecule has 0 amide bonds. The van der Waals surface area contributed by atoms with Gasteiger partial charge in [-0.25, -0.2) is 4.79 Å². The SMILES string of the molecule is COC(=O)C(=O)/C(=C\c1ccc(-c2ccccc2[N+](=O)[O-])o1)C(=O)c1ccccc1. The molecule has 0 aliphatic heterocycles. The average molecular weight is 405 g/mol. The number of benzene rings is 2. The number of nitro groups is 1. The molecule has 150 valence electrons. The Morgan fingerprint density at radius 3 is 2.30 bits per heavy atom. The molecule has 0 saturated carbocycles. The van der Waals surface area contributed by atoms with Crippen molar-refractivity contribution >= 4 is 29.3 Å². The lowest BCUT2D eigenvalue weighted by molar-refractivity contribution is -0.384. The summed E-state index contributed by atoms with van der Waals surface area (Å²) in [5.41, 5.74) is -0.172. The molecule has 8 nitrogen and oxygen atoms in total. The molecule has 0 fully saturated rings. The van der Waals surface area contributed by atoms with Crippen LogP contribution in [0, 0.1) is 10.1 Å². The molecule has 2 aromatic carbocycles. The van der Waals surface area contributed by atoms with E-state index in [-0.39, 0.29) is 28.3 Å². The summed E-state index contributed by atoms with van der Waals surface area (Å²) >= 11 is 0. The third-order valence-electron chi connectivity index (χ3n) is 4.18. The molecule has 0 saturated heterocycles. The quantitative estimate of drug-likeness (QED) is 0.0856. The number of furan rings is 1. The van der Waals surface area contributed by atoms with E-state index in [1.807, 2.05) is 0 Å². The predicted molar refractivity (Wildman–Crippen MR) is 107 cm³/mol. The summed E-state index contributed by atoms with van der Waals surface area (Å²) in [5, 5.41) is 11.2. The van der Waals surface area contributed by atoms with Crippen molar-refractivity contribution in [1.29, 1.82) is 0 Å². The Balaban J connectivity index is 2.05. The van der Waals surface area contributed by atoms with E-state index >= 15 is 0 Å². The van der Waals surface area contributed by atoms with Gasteiger partial charge in [-0.05, 0) is 24.3 Å². The van der Waals surface area contributed by atoms with E-state index in [2.05, 4.69) is 4.74 Å². The van der Waals surface area contributed by atoms with Gasteiger partial charge in [0.1, 0.15) is 11.5 Å². The molecule has 0 atom stereocenters. The lowest BCUT2D eigenvalue weighted by Crippen LogP contribution is -2.22. The fraction of sp³-hybridized carbons (Fsp3) is 0.0455. The molecule has 1 heterocycles. The van der Waals surface area contributed by atoms with Gasteiger partial charge < -0.3 is 9.15 Å². The number of para-hydroxylation sites is 1. The van der Waals surface area contributed by atoms with E-state index in [1.54, 1.807) is 24.3 Å². The summed E-state index contributed by atoms with van der Waals surface area (Å²) in [6, 6.07) is 16.8. The molecule has 0 N–H and O–H groups in total. The molecule has 0 aliphatic rings. The number of carbonyl (C=O) groups is 3. The van der Waals surface area contributed by atoms with E-state index in [4.69, 9.17) is 4.42 Å². The first-order chi connectivity index (χ1) is 14.4. The lowest BCUT2D eigenvalue weighted by atomic mass is 9.99. The number of esters is 1. The summed E-state index contributed by atoms with van der Waals surface area (Å²) in [7, 11) is 1.03. The zero-order valence-electron chi connectivity index (χ0n) is 15.7. The van der Waals surface area contributed by atoms with Crippen molar-refractivity contribution in [3.8, 4) is 11.3 Å². The minimum Gasteiger partial charge on any atom is -0.463 e.